The van der Waals surface area contributed by atoms with E-state index in [0.29, 0.717) is 0 Å². The number of aryl methyl sites for hydroxylation is 1. The van der Waals surface area contributed by atoms with Crippen molar-refractivity contribution in [2.45, 2.75) is 32.7 Å². The molecular formula is C12H17N3S. The van der Waals surface area contributed by atoms with Crippen molar-refractivity contribution >= 4 is 22.6 Å². The number of pyridine rings is 1. The Labute approximate surface area is 101 Å². The molecule has 0 saturated carbocycles. The predicted molar refractivity (Wildman–Crippen MR) is 71.2 cm³/mol. The minimum absolute atomic E-state index is 0.100. The van der Waals surface area contributed by atoms with Crippen LogP contribution in [0.5, 0.6) is 0 Å². The number of hydrogen-bond acceptors (Lipinski definition) is 4. The Bertz CT molecular complexity index is 416. The molecule has 3 nitrogen and oxygen atoms in total. The first kappa shape index (κ1) is 11.5. The topological polar surface area (TPSA) is 37.3 Å². The van der Waals surface area contributed by atoms with Crippen molar-refractivity contribution in [3.8, 4) is 0 Å². The minimum Gasteiger partial charge on any atom is -0.333 e. The number of aromatic nitrogens is 1. The maximum atomic E-state index is 4.72. The Morgan fingerprint density at radius 2 is 2.38 bits per heavy atom. The van der Waals surface area contributed by atoms with Crippen LogP contribution in [0.15, 0.2) is 23.3 Å². The van der Waals surface area contributed by atoms with E-state index in [1.807, 2.05) is 19.1 Å². The van der Waals surface area contributed by atoms with Crippen LogP contribution in [0.4, 0.5) is 5.69 Å². The Morgan fingerprint density at radius 1 is 1.56 bits per heavy atom. The zero-order valence-corrected chi connectivity index (χ0v) is 10.8. The molecule has 0 spiro atoms. The van der Waals surface area contributed by atoms with Crippen LogP contribution in [0.2, 0.25) is 0 Å². The normalized spacial score (nSPS) is 24.3. The second kappa shape index (κ2) is 4.45. The van der Waals surface area contributed by atoms with Gasteiger partial charge < -0.3 is 5.32 Å². The van der Waals surface area contributed by atoms with Crippen LogP contribution in [-0.2, 0) is 0 Å². The van der Waals surface area contributed by atoms with Gasteiger partial charge in [0.1, 0.15) is 0 Å². The molecule has 0 radical (unpaired) electrons. The van der Waals surface area contributed by atoms with Crippen molar-refractivity contribution in [1.29, 1.82) is 0 Å². The lowest BCUT2D eigenvalue weighted by molar-refractivity contribution is 0.523. The molecule has 0 aromatic carbocycles. The second-order valence-electron chi connectivity index (χ2n) is 4.32. The summed E-state index contributed by atoms with van der Waals surface area (Å²) in [6, 6.07) is 3.97. The zero-order valence-electron chi connectivity index (χ0n) is 9.95. The van der Waals surface area contributed by atoms with Crippen molar-refractivity contribution in [3.05, 3.63) is 24.0 Å². The molecule has 0 saturated heterocycles. The highest BCUT2D eigenvalue weighted by Gasteiger charge is 2.28. The highest BCUT2D eigenvalue weighted by atomic mass is 32.2. The third-order valence-corrected chi connectivity index (χ3v) is 4.13. The molecule has 86 valence electrons. The van der Waals surface area contributed by atoms with Gasteiger partial charge in [0.2, 0.25) is 0 Å². The van der Waals surface area contributed by atoms with Gasteiger partial charge in [-0.1, -0.05) is 18.7 Å². The standard InChI is InChI=1S/C12H17N3S/c1-4-12(3)8-16-11(15-12)14-10-6-5-7-13-9(10)2/h5-7H,4,8H2,1-3H3,(H,14,15). The summed E-state index contributed by atoms with van der Waals surface area (Å²) >= 11 is 1.79. The number of thioether (sulfide) groups is 1. The summed E-state index contributed by atoms with van der Waals surface area (Å²) in [5.74, 6) is 1.06. The van der Waals surface area contributed by atoms with Crippen LogP contribution >= 0.6 is 11.8 Å². The fourth-order valence-corrected chi connectivity index (χ4v) is 2.69. The Hall–Kier alpha value is -1.03. The summed E-state index contributed by atoms with van der Waals surface area (Å²) in [4.78, 5) is 8.97. The van der Waals surface area contributed by atoms with Crippen LogP contribution in [0.1, 0.15) is 26.0 Å². The van der Waals surface area contributed by atoms with Crippen molar-refractivity contribution in [1.82, 2.24) is 4.98 Å². The molecule has 2 rings (SSSR count). The van der Waals surface area contributed by atoms with E-state index < -0.39 is 0 Å². The van der Waals surface area contributed by atoms with Crippen LogP contribution in [0.25, 0.3) is 0 Å². The number of hydrogen-bond donors (Lipinski definition) is 1. The van der Waals surface area contributed by atoms with E-state index in [9.17, 15) is 0 Å². The van der Waals surface area contributed by atoms with Crippen molar-refractivity contribution < 1.29 is 0 Å². The Balaban J connectivity index is 2.13. The van der Waals surface area contributed by atoms with Gasteiger partial charge in [0, 0.05) is 11.9 Å². The number of nitrogens with zero attached hydrogens (tertiary/aromatic N) is 2. The smallest absolute Gasteiger partial charge is 0.161 e. The molecule has 1 aromatic rings. The molecule has 1 unspecified atom stereocenters. The van der Waals surface area contributed by atoms with Gasteiger partial charge >= 0.3 is 0 Å². The molecule has 1 aromatic heterocycles. The fraction of sp³-hybridized carbons (Fsp3) is 0.500. The summed E-state index contributed by atoms with van der Waals surface area (Å²) in [5, 5.41) is 4.36. The van der Waals surface area contributed by atoms with E-state index in [1.54, 1.807) is 18.0 Å². The summed E-state index contributed by atoms with van der Waals surface area (Å²) in [7, 11) is 0. The number of aliphatic imine (C=N–C) groups is 1. The summed E-state index contributed by atoms with van der Waals surface area (Å²) < 4.78 is 0. The van der Waals surface area contributed by atoms with Crippen molar-refractivity contribution in [2.75, 3.05) is 11.1 Å². The summed E-state index contributed by atoms with van der Waals surface area (Å²) in [5.41, 5.74) is 2.16. The first-order chi connectivity index (χ1) is 7.63. The van der Waals surface area contributed by atoms with Gasteiger partial charge in [-0.3, -0.25) is 9.98 Å². The van der Waals surface area contributed by atoms with E-state index in [0.717, 1.165) is 28.7 Å². The second-order valence-corrected chi connectivity index (χ2v) is 5.28. The first-order valence-corrected chi connectivity index (χ1v) is 6.53. The molecule has 2 heterocycles. The van der Waals surface area contributed by atoms with Gasteiger partial charge in [0.05, 0.1) is 16.9 Å². The fourth-order valence-electron chi connectivity index (χ4n) is 1.51. The number of anilines is 1. The molecule has 1 aliphatic heterocycles. The summed E-state index contributed by atoms with van der Waals surface area (Å²) in [6.07, 6.45) is 2.89. The monoisotopic (exact) mass is 235 g/mol. The maximum Gasteiger partial charge on any atom is 0.161 e. The number of amidine groups is 1. The highest BCUT2D eigenvalue weighted by molar-refractivity contribution is 8.14. The van der Waals surface area contributed by atoms with E-state index in [2.05, 4.69) is 24.1 Å². The van der Waals surface area contributed by atoms with Gasteiger partial charge in [0.15, 0.2) is 5.17 Å². The predicted octanol–water partition coefficient (Wildman–Crippen LogP) is 3.07. The van der Waals surface area contributed by atoms with Crippen LogP contribution in [0.3, 0.4) is 0 Å². The van der Waals surface area contributed by atoms with Crippen LogP contribution in [0, 0.1) is 6.92 Å². The van der Waals surface area contributed by atoms with Gasteiger partial charge in [0.25, 0.3) is 0 Å². The van der Waals surface area contributed by atoms with E-state index >= 15 is 0 Å². The molecule has 1 N–H and O–H groups in total. The molecule has 0 bridgehead atoms. The molecule has 1 aliphatic rings. The van der Waals surface area contributed by atoms with Crippen LogP contribution < -0.4 is 5.32 Å². The van der Waals surface area contributed by atoms with Gasteiger partial charge in [-0.25, -0.2) is 0 Å². The lowest BCUT2D eigenvalue weighted by Crippen LogP contribution is -2.20. The molecule has 1 atom stereocenters. The first-order valence-electron chi connectivity index (χ1n) is 5.54. The van der Waals surface area contributed by atoms with Gasteiger partial charge in [-0.05, 0) is 32.4 Å². The average Bonchev–Trinajstić information content (AvgIpc) is 2.65. The van der Waals surface area contributed by atoms with Crippen molar-refractivity contribution in [2.24, 2.45) is 4.99 Å². The Morgan fingerprint density at radius 3 is 3.00 bits per heavy atom. The van der Waals surface area contributed by atoms with Crippen LogP contribution in [-0.4, -0.2) is 21.4 Å². The van der Waals surface area contributed by atoms with Gasteiger partial charge in [-0.2, -0.15) is 0 Å². The SMILES string of the molecule is CCC1(C)CSC(Nc2cccnc2C)=N1. The largest absolute Gasteiger partial charge is 0.333 e. The third kappa shape index (κ3) is 2.38. The highest BCUT2D eigenvalue weighted by Crippen LogP contribution is 2.30. The molecule has 0 fully saturated rings. The van der Waals surface area contributed by atoms with E-state index in [4.69, 9.17) is 4.99 Å². The van der Waals surface area contributed by atoms with Crippen molar-refractivity contribution in [3.63, 3.8) is 0 Å². The third-order valence-electron chi connectivity index (χ3n) is 2.90. The summed E-state index contributed by atoms with van der Waals surface area (Å²) in [6.45, 7) is 6.38. The molecular weight excluding hydrogens is 218 g/mol. The zero-order chi connectivity index (χ0) is 11.6. The quantitative estimate of drug-likeness (QED) is 0.856. The lowest BCUT2D eigenvalue weighted by atomic mass is 10.0. The molecule has 16 heavy (non-hydrogen) atoms. The molecule has 0 amide bonds. The lowest BCUT2D eigenvalue weighted by Gasteiger charge is -2.15. The molecule has 4 heteroatoms. The van der Waals surface area contributed by atoms with E-state index in [-0.39, 0.29) is 5.54 Å². The average molecular weight is 235 g/mol. The van der Waals surface area contributed by atoms with Gasteiger partial charge in [-0.15, -0.1) is 0 Å². The Kier molecular flexibility index (Phi) is 3.19. The maximum absolute atomic E-state index is 4.72. The molecule has 0 aliphatic carbocycles. The number of nitrogens with one attached hydrogen (secondary N) is 1. The van der Waals surface area contributed by atoms with E-state index in [1.165, 1.54) is 0 Å². The number of rotatable bonds is 2. The minimum atomic E-state index is 0.100.